The van der Waals surface area contributed by atoms with E-state index in [1.807, 2.05) is 13.8 Å². The Morgan fingerprint density at radius 1 is 1.15 bits per heavy atom. The summed E-state index contributed by atoms with van der Waals surface area (Å²) in [5.41, 5.74) is 5.76. The van der Waals surface area contributed by atoms with Crippen LogP contribution in [0.5, 0.6) is 0 Å². The fraction of sp³-hybridized carbons (Fsp3) is 0.222. The first-order valence-electron chi connectivity index (χ1n) is 3.90. The van der Waals surface area contributed by atoms with Crippen LogP contribution >= 0.6 is 23.2 Å². The highest BCUT2D eigenvalue weighted by atomic mass is 35.5. The number of hydrogen-bond acceptors (Lipinski definition) is 1. The van der Waals surface area contributed by atoms with Gasteiger partial charge >= 0.3 is 0 Å². The van der Waals surface area contributed by atoms with Gasteiger partial charge in [-0.25, -0.2) is 0 Å². The monoisotopic (exact) mass is 218 g/mol. The molecule has 0 amide bonds. The summed E-state index contributed by atoms with van der Waals surface area (Å²) in [6.07, 6.45) is 0. The minimum atomic E-state index is -0.0330. The van der Waals surface area contributed by atoms with Gasteiger partial charge in [0.25, 0.3) is 0 Å². The lowest BCUT2D eigenvalue weighted by Crippen LogP contribution is -2.10. The molecule has 0 unspecified atom stereocenters. The highest BCUT2D eigenvalue weighted by molar-refractivity contribution is 6.35. The summed E-state index contributed by atoms with van der Waals surface area (Å²) in [7, 11) is 0. The number of hydrogen-bond donors (Lipinski definition) is 2. The van der Waals surface area contributed by atoms with Crippen LogP contribution in [0.15, 0.2) is 18.2 Å². The van der Waals surface area contributed by atoms with Crippen LogP contribution in [-0.4, -0.2) is 5.84 Å². The maximum Gasteiger partial charge on any atom is 0.122 e. The molecule has 1 aromatic rings. The van der Waals surface area contributed by atoms with Gasteiger partial charge in [-0.2, -0.15) is 0 Å². The standard InChI is InChI=1S/C7H6Cl2N2.C2H6/c8-5-1-4(7(10)11)2-6(9)3-5;1-2/h1-3H,(H3,10,11);1-2H3. The number of rotatable bonds is 1. The number of nitrogens with one attached hydrogen (secondary N) is 1. The van der Waals surface area contributed by atoms with Crippen molar-refractivity contribution >= 4 is 29.0 Å². The molecule has 0 aromatic heterocycles. The first-order chi connectivity index (χ1) is 6.09. The van der Waals surface area contributed by atoms with Crippen LogP contribution in [0.3, 0.4) is 0 Å². The third-order valence-electron chi connectivity index (χ3n) is 1.17. The summed E-state index contributed by atoms with van der Waals surface area (Å²) >= 11 is 11.3. The molecule has 0 radical (unpaired) electrons. The van der Waals surface area contributed by atoms with E-state index in [1.54, 1.807) is 18.2 Å². The predicted molar refractivity (Wildman–Crippen MR) is 58.8 cm³/mol. The molecule has 0 spiro atoms. The quantitative estimate of drug-likeness (QED) is 0.552. The van der Waals surface area contributed by atoms with Crippen molar-refractivity contribution in [1.29, 1.82) is 5.41 Å². The minimum Gasteiger partial charge on any atom is -0.384 e. The van der Waals surface area contributed by atoms with Crippen molar-refractivity contribution in [2.45, 2.75) is 13.8 Å². The molecule has 2 nitrogen and oxygen atoms in total. The molecule has 72 valence electrons. The molecule has 1 rings (SSSR count). The van der Waals surface area contributed by atoms with E-state index in [9.17, 15) is 0 Å². The van der Waals surface area contributed by atoms with Gasteiger partial charge in [0.15, 0.2) is 0 Å². The molecule has 0 aliphatic rings. The average molecular weight is 219 g/mol. The summed E-state index contributed by atoms with van der Waals surface area (Å²) in [6, 6.07) is 4.78. The Balaban J connectivity index is 0.000000671. The third kappa shape index (κ3) is 4.15. The van der Waals surface area contributed by atoms with Crippen LogP contribution in [0.1, 0.15) is 19.4 Å². The second-order valence-electron chi connectivity index (χ2n) is 2.07. The van der Waals surface area contributed by atoms with Crippen molar-refractivity contribution in [3.8, 4) is 0 Å². The summed E-state index contributed by atoms with van der Waals surface area (Å²) in [6.45, 7) is 4.00. The van der Waals surface area contributed by atoms with Gasteiger partial charge in [-0.05, 0) is 18.2 Å². The predicted octanol–water partition coefficient (Wildman–Crippen LogP) is 3.30. The summed E-state index contributed by atoms with van der Waals surface area (Å²) in [4.78, 5) is 0. The molecule has 13 heavy (non-hydrogen) atoms. The minimum absolute atomic E-state index is 0.0330. The number of amidine groups is 1. The van der Waals surface area contributed by atoms with E-state index < -0.39 is 0 Å². The van der Waals surface area contributed by atoms with Crippen molar-refractivity contribution in [2.24, 2.45) is 5.73 Å². The maximum absolute atomic E-state index is 7.09. The van der Waals surface area contributed by atoms with E-state index in [-0.39, 0.29) is 5.84 Å². The SMILES string of the molecule is CC.N=C(N)c1cc(Cl)cc(Cl)c1. The third-order valence-corrected chi connectivity index (χ3v) is 1.61. The summed E-state index contributed by atoms with van der Waals surface area (Å²) in [5, 5.41) is 8.07. The molecular weight excluding hydrogens is 207 g/mol. The van der Waals surface area contributed by atoms with E-state index in [0.29, 0.717) is 15.6 Å². The molecule has 1 aromatic carbocycles. The Hall–Kier alpha value is -0.730. The van der Waals surface area contributed by atoms with Gasteiger partial charge in [0.2, 0.25) is 0 Å². The van der Waals surface area contributed by atoms with Crippen molar-refractivity contribution in [3.63, 3.8) is 0 Å². The van der Waals surface area contributed by atoms with Crippen LogP contribution in [-0.2, 0) is 0 Å². The normalized spacial score (nSPS) is 8.62. The highest BCUT2D eigenvalue weighted by Gasteiger charge is 1.99. The van der Waals surface area contributed by atoms with Crippen LogP contribution < -0.4 is 5.73 Å². The molecule has 0 atom stereocenters. The summed E-state index contributed by atoms with van der Waals surface area (Å²) in [5.74, 6) is -0.0330. The zero-order chi connectivity index (χ0) is 10.4. The van der Waals surface area contributed by atoms with E-state index in [2.05, 4.69) is 0 Å². The lowest BCUT2D eigenvalue weighted by molar-refractivity contribution is 1.42. The Morgan fingerprint density at radius 3 is 1.85 bits per heavy atom. The van der Waals surface area contributed by atoms with Crippen LogP contribution in [0.2, 0.25) is 10.0 Å². The first-order valence-corrected chi connectivity index (χ1v) is 4.65. The molecular formula is C9H12Cl2N2. The molecule has 0 aliphatic carbocycles. The molecule has 3 N–H and O–H groups in total. The second-order valence-corrected chi connectivity index (χ2v) is 2.94. The molecule has 0 bridgehead atoms. The van der Waals surface area contributed by atoms with Crippen LogP contribution in [0.4, 0.5) is 0 Å². The van der Waals surface area contributed by atoms with Crippen molar-refractivity contribution in [1.82, 2.24) is 0 Å². The molecule has 4 heteroatoms. The van der Waals surface area contributed by atoms with Crippen LogP contribution in [0.25, 0.3) is 0 Å². The molecule has 0 aliphatic heterocycles. The number of benzene rings is 1. The number of nitrogens with two attached hydrogens (primary N) is 1. The van der Waals surface area contributed by atoms with Gasteiger partial charge < -0.3 is 5.73 Å². The maximum atomic E-state index is 7.09. The Morgan fingerprint density at radius 2 is 1.54 bits per heavy atom. The van der Waals surface area contributed by atoms with E-state index in [4.69, 9.17) is 34.3 Å². The van der Waals surface area contributed by atoms with Gasteiger partial charge in [0.1, 0.15) is 5.84 Å². The van der Waals surface area contributed by atoms with E-state index >= 15 is 0 Å². The number of halogens is 2. The van der Waals surface area contributed by atoms with Crippen molar-refractivity contribution in [2.75, 3.05) is 0 Å². The molecule has 0 heterocycles. The second kappa shape index (κ2) is 5.84. The van der Waals surface area contributed by atoms with Crippen molar-refractivity contribution < 1.29 is 0 Å². The fourth-order valence-corrected chi connectivity index (χ4v) is 1.24. The number of nitrogen functional groups attached to an aromatic ring is 1. The molecule has 0 saturated carbocycles. The molecule has 0 fully saturated rings. The molecule has 0 saturated heterocycles. The lowest BCUT2D eigenvalue weighted by Gasteiger charge is -1.98. The zero-order valence-corrected chi connectivity index (χ0v) is 9.08. The van der Waals surface area contributed by atoms with E-state index in [0.717, 1.165) is 0 Å². The average Bonchev–Trinajstić information content (AvgIpc) is 2.06. The Labute approximate surface area is 88.2 Å². The van der Waals surface area contributed by atoms with Crippen molar-refractivity contribution in [3.05, 3.63) is 33.8 Å². The highest BCUT2D eigenvalue weighted by Crippen LogP contribution is 2.18. The smallest absolute Gasteiger partial charge is 0.122 e. The lowest BCUT2D eigenvalue weighted by atomic mass is 10.2. The van der Waals surface area contributed by atoms with Gasteiger partial charge in [-0.3, -0.25) is 5.41 Å². The first kappa shape index (κ1) is 12.3. The van der Waals surface area contributed by atoms with Gasteiger partial charge in [0.05, 0.1) is 0 Å². The largest absolute Gasteiger partial charge is 0.384 e. The zero-order valence-electron chi connectivity index (χ0n) is 7.57. The van der Waals surface area contributed by atoms with Gasteiger partial charge in [0, 0.05) is 15.6 Å². The van der Waals surface area contributed by atoms with Crippen LogP contribution in [0, 0.1) is 5.41 Å². The van der Waals surface area contributed by atoms with Gasteiger partial charge in [-0.1, -0.05) is 37.0 Å². The Kier molecular flexibility index (Phi) is 5.51. The van der Waals surface area contributed by atoms with Gasteiger partial charge in [-0.15, -0.1) is 0 Å². The fourth-order valence-electron chi connectivity index (χ4n) is 0.709. The Bertz CT molecular complexity index is 277. The summed E-state index contributed by atoms with van der Waals surface area (Å²) < 4.78 is 0. The van der Waals surface area contributed by atoms with E-state index in [1.165, 1.54) is 0 Å². The topological polar surface area (TPSA) is 49.9 Å².